The van der Waals surface area contributed by atoms with E-state index in [0.29, 0.717) is 38.9 Å². The molecule has 1 aromatic heterocycles. The molecule has 0 N–H and O–H groups in total. The lowest BCUT2D eigenvalue weighted by molar-refractivity contribution is 0.306. The van der Waals surface area contributed by atoms with Gasteiger partial charge in [0.1, 0.15) is 18.2 Å². The first-order valence-electron chi connectivity index (χ1n) is 11.4. The first kappa shape index (κ1) is 26.2. The molecule has 0 unspecified atom stereocenters. The highest BCUT2D eigenvalue weighted by molar-refractivity contribution is 9.10. The molecule has 36 heavy (non-hydrogen) atoms. The van der Waals surface area contributed by atoms with Gasteiger partial charge in [-0.3, -0.25) is 4.79 Å². The van der Waals surface area contributed by atoms with Crippen LogP contribution in [0.2, 0.25) is 10.0 Å². The van der Waals surface area contributed by atoms with E-state index in [-0.39, 0.29) is 12.2 Å². The normalized spacial score (nSPS) is 11.4. The molecule has 0 atom stereocenters. The van der Waals surface area contributed by atoms with E-state index in [1.54, 1.807) is 24.4 Å². The summed E-state index contributed by atoms with van der Waals surface area (Å²) in [6, 6.07) is 16.6. The van der Waals surface area contributed by atoms with E-state index < -0.39 is 0 Å². The van der Waals surface area contributed by atoms with E-state index in [1.807, 2.05) is 62.3 Å². The fourth-order valence-electron chi connectivity index (χ4n) is 3.65. The largest absolute Gasteiger partial charge is 0.488 e. The van der Waals surface area contributed by atoms with Gasteiger partial charge in [-0.15, -0.1) is 0 Å². The Morgan fingerprint density at radius 2 is 1.92 bits per heavy atom. The van der Waals surface area contributed by atoms with Gasteiger partial charge in [0.15, 0.2) is 0 Å². The van der Waals surface area contributed by atoms with Gasteiger partial charge in [0.25, 0.3) is 5.56 Å². The third-order valence-corrected chi connectivity index (χ3v) is 6.65. The van der Waals surface area contributed by atoms with Crippen LogP contribution in [0.5, 0.6) is 5.75 Å². The smallest absolute Gasteiger partial charge is 0.282 e. The zero-order valence-electron chi connectivity index (χ0n) is 20.1. The number of aryl methyl sites for hydroxylation is 1. The zero-order valence-corrected chi connectivity index (χ0v) is 23.2. The second kappa shape index (κ2) is 11.5. The van der Waals surface area contributed by atoms with Crippen molar-refractivity contribution >= 4 is 61.9 Å². The van der Waals surface area contributed by atoms with Crippen LogP contribution in [-0.2, 0) is 13.0 Å². The second-order valence-corrected chi connectivity index (χ2v) is 10.2. The highest BCUT2D eigenvalue weighted by Crippen LogP contribution is 2.27. The Balaban J connectivity index is 1.74. The third-order valence-electron chi connectivity index (χ3n) is 5.57. The number of halogens is 3. The monoisotopic (exact) mass is 586 g/mol. The molecule has 6 nitrogen and oxygen atoms in total. The summed E-state index contributed by atoms with van der Waals surface area (Å²) in [5.41, 5.74) is 2.92. The van der Waals surface area contributed by atoms with Gasteiger partial charge in [0.2, 0.25) is 0 Å². The van der Waals surface area contributed by atoms with Gasteiger partial charge < -0.3 is 9.64 Å². The molecule has 0 saturated carbocycles. The predicted molar refractivity (Wildman–Crippen MR) is 152 cm³/mol. The quantitative estimate of drug-likeness (QED) is 0.209. The topological polar surface area (TPSA) is 59.7 Å². The summed E-state index contributed by atoms with van der Waals surface area (Å²) in [5.74, 6) is 1.21. The van der Waals surface area contributed by atoms with Crippen LogP contribution in [-0.4, -0.2) is 30.0 Å². The molecule has 4 aromatic rings. The van der Waals surface area contributed by atoms with Gasteiger partial charge in [-0.1, -0.05) is 52.1 Å². The maximum Gasteiger partial charge on any atom is 0.282 e. The number of benzene rings is 3. The van der Waals surface area contributed by atoms with E-state index in [0.717, 1.165) is 27.7 Å². The van der Waals surface area contributed by atoms with E-state index in [4.69, 9.17) is 32.9 Å². The molecule has 0 aliphatic heterocycles. The van der Waals surface area contributed by atoms with Crippen LogP contribution in [0.3, 0.4) is 0 Å². The summed E-state index contributed by atoms with van der Waals surface area (Å²) in [6.45, 7) is 2.29. The summed E-state index contributed by atoms with van der Waals surface area (Å²) in [4.78, 5) is 20.0. The molecule has 4 rings (SSSR count). The maximum atomic E-state index is 13.3. The Kier molecular flexibility index (Phi) is 8.34. The minimum absolute atomic E-state index is 0.221. The van der Waals surface area contributed by atoms with Crippen molar-refractivity contribution in [3.8, 4) is 5.75 Å². The Bertz CT molecular complexity index is 1500. The number of fused-ring (bicyclic) bond motifs is 1. The third kappa shape index (κ3) is 5.91. The first-order chi connectivity index (χ1) is 17.3. The minimum Gasteiger partial charge on any atom is -0.488 e. The van der Waals surface area contributed by atoms with Crippen molar-refractivity contribution in [2.75, 3.05) is 19.0 Å². The standard InChI is InChI=1S/C27H25BrCl2N4O2/c1-4-5-26-32-24-11-8-19(28)12-22(24)27(35)34(26)31-15-17-7-10-21(33(2)3)14-25(17)36-16-18-6-9-20(29)13-23(18)30/h6-15H,4-5,16H2,1-3H3. The van der Waals surface area contributed by atoms with Crippen molar-refractivity contribution in [1.29, 1.82) is 0 Å². The van der Waals surface area contributed by atoms with Crippen LogP contribution in [0, 0.1) is 0 Å². The molecule has 9 heteroatoms. The summed E-state index contributed by atoms with van der Waals surface area (Å²) in [5, 5.41) is 6.15. The Morgan fingerprint density at radius 3 is 2.64 bits per heavy atom. The fourth-order valence-corrected chi connectivity index (χ4v) is 4.47. The molecule has 0 bridgehead atoms. The zero-order chi connectivity index (χ0) is 25.8. The molecule has 186 valence electrons. The molecular formula is C27H25BrCl2N4O2. The molecule has 0 aliphatic carbocycles. The summed E-state index contributed by atoms with van der Waals surface area (Å²) in [7, 11) is 3.91. The molecule has 3 aromatic carbocycles. The number of nitrogens with zero attached hydrogens (tertiary/aromatic N) is 4. The Hall–Kier alpha value is -2.87. The highest BCUT2D eigenvalue weighted by Gasteiger charge is 2.12. The van der Waals surface area contributed by atoms with Gasteiger partial charge in [-0.2, -0.15) is 9.78 Å². The van der Waals surface area contributed by atoms with Crippen LogP contribution in [0.15, 0.2) is 69.0 Å². The van der Waals surface area contributed by atoms with E-state index >= 15 is 0 Å². The van der Waals surface area contributed by atoms with Crippen LogP contribution in [0.25, 0.3) is 10.9 Å². The average Bonchev–Trinajstić information content (AvgIpc) is 2.84. The molecule has 0 radical (unpaired) electrons. The van der Waals surface area contributed by atoms with Gasteiger partial charge in [-0.05, 0) is 48.9 Å². The van der Waals surface area contributed by atoms with Crippen molar-refractivity contribution in [3.63, 3.8) is 0 Å². The van der Waals surface area contributed by atoms with Crippen LogP contribution >= 0.6 is 39.1 Å². The lowest BCUT2D eigenvalue weighted by Gasteiger charge is -2.16. The maximum absolute atomic E-state index is 13.3. The summed E-state index contributed by atoms with van der Waals surface area (Å²) in [6.07, 6.45) is 3.08. The molecule has 0 spiro atoms. The SMILES string of the molecule is CCCc1nc2ccc(Br)cc2c(=O)n1N=Cc1ccc(N(C)C)cc1OCc1ccc(Cl)cc1Cl. The average molecular weight is 588 g/mol. The number of anilines is 1. The van der Waals surface area contributed by atoms with Crippen molar-refractivity contribution in [3.05, 3.63) is 96.4 Å². The Labute approximate surface area is 228 Å². The summed E-state index contributed by atoms with van der Waals surface area (Å²) >= 11 is 15.8. The number of aromatic nitrogens is 2. The summed E-state index contributed by atoms with van der Waals surface area (Å²) < 4.78 is 8.34. The molecular weight excluding hydrogens is 563 g/mol. The highest BCUT2D eigenvalue weighted by atomic mass is 79.9. The lowest BCUT2D eigenvalue weighted by Crippen LogP contribution is -2.22. The van der Waals surface area contributed by atoms with Gasteiger partial charge in [-0.25, -0.2) is 4.98 Å². The van der Waals surface area contributed by atoms with Crippen LogP contribution < -0.4 is 15.2 Å². The van der Waals surface area contributed by atoms with Crippen LogP contribution in [0.1, 0.15) is 30.3 Å². The first-order valence-corrected chi connectivity index (χ1v) is 13.0. The van der Waals surface area contributed by atoms with E-state index in [2.05, 4.69) is 21.0 Å². The Morgan fingerprint density at radius 1 is 1.11 bits per heavy atom. The van der Waals surface area contributed by atoms with Crippen molar-refractivity contribution in [2.24, 2.45) is 5.10 Å². The minimum atomic E-state index is -0.221. The van der Waals surface area contributed by atoms with Crippen molar-refractivity contribution in [2.45, 2.75) is 26.4 Å². The number of hydrogen-bond donors (Lipinski definition) is 0. The molecule has 1 heterocycles. The van der Waals surface area contributed by atoms with Crippen molar-refractivity contribution < 1.29 is 4.74 Å². The van der Waals surface area contributed by atoms with Gasteiger partial charge >= 0.3 is 0 Å². The molecule has 0 amide bonds. The van der Waals surface area contributed by atoms with Gasteiger partial charge in [0.05, 0.1) is 17.1 Å². The second-order valence-electron chi connectivity index (χ2n) is 8.44. The number of ether oxygens (including phenoxy) is 1. The molecule has 0 fully saturated rings. The lowest BCUT2D eigenvalue weighted by atomic mass is 10.2. The van der Waals surface area contributed by atoms with Gasteiger partial charge in [0, 0.05) is 57.9 Å². The van der Waals surface area contributed by atoms with Crippen LogP contribution in [0.4, 0.5) is 5.69 Å². The predicted octanol–water partition coefficient (Wildman–Crippen LogP) is 6.95. The van der Waals surface area contributed by atoms with E-state index in [1.165, 1.54) is 4.68 Å². The van der Waals surface area contributed by atoms with Crippen molar-refractivity contribution in [1.82, 2.24) is 9.66 Å². The molecule has 0 aliphatic rings. The fraction of sp³-hybridized carbons (Fsp3) is 0.222. The van der Waals surface area contributed by atoms with E-state index in [9.17, 15) is 4.79 Å². The number of rotatable bonds is 8. The number of hydrogen-bond acceptors (Lipinski definition) is 5. The molecule has 0 saturated heterocycles.